The predicted octanol–water partition coefficient (Wildman–Crippen LogP) is 13.6. The summed E-state index contributed by atoms with van der Waals surface area (Å²) in [4.78, 5) is 36.4. The number of Topliss-reactive ketones (excluding diaryl/α,β-unsaturated/α-hetero) is 1. The summed E-state index contributed by atoms with van der Waals surface area (Å²) in [5, 5.41) is 2.75. The molecular formula is C47H120N4O6S. The lowest BCUT2D eigenvalue weighted by Crippen LogP contribution is -2.17. The second-order valence-electron chi connectivity index (χ2n) is 12.5. The zero-order chi connectivity index (χ0) is 42.4. The molecule has 0 bridgehead atoms. The van der Waals surface area contributed by atoms with E-state index in [4.69, 9.17) is 0 Å². The van der Waals surface area contributed by atoms with E-state index in [1.54, 1.807) is 21.1 Å². The molecule has 1 N–H and O–H groups in total. The summed E-state index contributed by atoms with van der Waals surface area (Å²) in [5.74, 6) is 0.0139. The Morgan fingerprint density at radius 2 is 0.828 bits per heavy atom. The number of methoxy groups -OCH3 is 1. The summed E-state index contributed by atoms with van der Waals surface area (Å²) in [6.07, 6.45) is 3.57. The van der Waals surface area contributed by atoms with Crippen LogP contribution in [0.4, 0.5) is 0 Å². The molecule has 10 nitrogen and oxygen atoms in total. The van der Waals surface area contributed by atoms with Crippen LogP contribution in [-0.2, 0) is 29.0 Å². The number of aryl methyl sites for hydroxylation is 1. The van der Waals surface area contributed by atoms with Crippen molar-refractivity contribution >= 4 is 33.2 Å². The monoisotopic (exact) mass is 869 g/mol. The second kappa shape index (κ2) is 99.8. The van der Waals surface area contributed by atoms with Gasteiger partial charge in [0.05, 0.1) is 7.11 Å². The molecule has 0 aliphatic heterocycles. The lowest BCUT2D eigenvalue weighted by atomic mass is 10.0. The number of benzene rings is 1. The van der Waals surface area contributed by atoms with Gasteiger partial charge in [0.25, 0.3) is 0 Å². The molecule has 370 valence electrons. The molecule has 11 heteroatoms. The van der Waals surface area contributed by atoms with Gasteiger partial charge in [0, 0.05) is 53.2 Å². The highest BCUT2D eigenvalue weighted by atomic mass is 32.2. The first-order valence-electron chi connectivity index (χ1n) is 15.8. The average Bonchev–Trinajstić information content (AvgIpc) is 2.89. The third-order valence-corrected chi connectivity index (χ3v) is 2.30. The molecule has 0 atom stereocenters. The normalized spacial score (nSPS) is 6.84. The van der Waals surface area contributed by atoms with Crippen molar-refractivity contribution < 1.29 is 27.5 Å². The maximum Gasteiger partial charge on any atom is 0.302 e. The van der Waals surface area contributed by atoms with Crippen molar-refractivity contribution in [2.45, 2.75) is 163 Å². The first-order chi connectivity index (χ1) is 21.9. The number of nitrogens with one attached hydrogen (secondary N) is 1. The molecule has 0 fully saturated rings. The Morgan fingerprint density at radius 3 is 0.862 bits per heavy atom. The second-order valence-corrected chi connectivity index (χ2v) is 14.8. The summed E-state index contributed by atoms with van der Waals surface area (Å²) in [7, 11) is 13.7. The van der Waals surface area contributed by atoms with E-state index in [0.717, 1.165) is 18.2 Å². The van der Waals surface area contributed by atoms with Gasteiger partial charge in [-0.05, 0) is 75.3 Å². The minimum atomic E-state index is -2.67. The van der Waals surface area contributed by atoms with E-state index in [1.165, 1.54) is 51.7 Å². The summed E-state index contributed by atoms with van der Waals surface area (Å²) in [6.45, 7) is 31.0. The Balaban J connectivity index is -0.0000000169. The largest absolute Gasteiger partial charge is 0.469 e. The SMILES string of the molecule is C.C.C.C.C.C.C.C.C.C=C.CC(=O)N(C)C.CC(C)(C)C.CC(C)=O.CCC.CN(C)C.CN=C(C)C.CNC.COC(C)=O.CS(C)(=O)=O.Cc1ccccc1. The van der Waals surface area contributed by atoms with Crippen LogP contribution in [0.2, 0.25) is 0 Å². The molecule has 0 aromatic heterocycles. The van der Waals surface area contributed by atoms with Gasteiger partial charge in [0.1, 0.15) is 15.6 Å². The van der Waals surface area contributed by atoms with Crippen molar-refractivity contribution in [1.29, 1.82) is 0 Å². The fourth-order valence-electron chi connectivity index (χ4n) is 0.534. The van der Waals surface area contributed by atoms with E-state index in [2.05, 4.69) is 88.8 Å². The summed E-state index contributed by atoms with van der Waals surface area (Å²) in [5.41, 5.74) is 2.95. The molecule has 0 unspecified atom stereocenters. The number of sulfone groups is 1. The lowest BCUT2D eigenvalue weighted by Gasteiger charge is -2.05. The summed E-state index contributed by atoms with van der Waals surface area (Å²) < 4.78 is 23.4. The van der Waals surface area contributed by atoms with Gasteiger partial charge in [0.2, 0.25) is 5.91 Å². The molecule has 0 radical (unpaired) electrons. The third kappa shape index (κ3) is 839. The molecule has 1 amide bonds. The Morgan fingerprint density at radius 1 is 0.707 bits per heavy atom. The Kier molecular flexibility index (Phi) is 213. The number of rotatable bonds is 0. The zero-order valence-corrected chi connectivity index (χ0v) is 37.5. The standard InChI is InChI=1S/C7H8.C5H12.C4H9NO.C4H9N.C3H9N.C3H6O2.C3H6O.C3H8.C2H7N.C2H6O2S.C2H4.9CH4/c1-7-5-3-2-4-6-7;1-5(2,3)4;1-4(6)5(2)3;1-4(2)5-3;1-4(2)3;1-3(4)5-2;1-3(2)4;2*1-3-2;1-5(2,3)4;1-2;;;;;;;;;/h2-6H,1H3;1-4H3;1-3H3;1-3H3;1-3H3;1-2H3;1-2H3;3H2,1-2H3;3H,1-2H3;1-2H3;1-2H2;9*1H4. The first-order valence-corrected chi connectivity index (χ1v) is 18.1. The van der Waals surface area contributed by atoms with Crippen LogP contribution in [0, 0.1) is 12.3 Å². The van der Waals surface area contributed by atoms with E-state index in [0.29, 0.717) is 5.41 Å². The van der Waals surface area contributed by atoms with Crippen molar-refractivity contribution in [2.24, 2.45) is 10.4 Å². The first kappa shape index (κ1) is 124. The van der Waals surface area contributed by atoms with Crippen LogP contribution >= 0.6 is 0 Å². The highest BCUT2D eigenvalue weighted by molar-refractivity contribution is 7.89. The highest BCUT2D eigenvalue weighted by Gasteiger charge is 1.95. The van der Waals surface area contributed by atoms with Crippen LogP contribution in [0.15, 0.2) is 48.5 Å². The van der Waals surface area contributed by atoms with Gasteiger partial charge in [-0.2, -0.15) is 0 Å². The van der Waals surface area contributed by atoms with Crippen molar-refractivity contribution in [3.8, 4) is 0 Å². The number of ketones is 1. The molecule has 0 spiro atoms. The molecule has 0 saturated heterocycles. The maximum absolute atomic E-state index is 10.1. The van der Waals surface area contributed by atoms with Crippen molar-refractivity contribution in [2.75, 3.05) is 76.0 Å². The van der Waals surface area contributed by atoms with E-state index in [9.17, 15) is 22.8 Å². The maximum atomic E-state index is 10.1. The quantitative estimate of drug-likeness (QED) is 0.155. The van der Waals surface area contributed by atoms with Gasteiger partial charge in [-0.25, -0.2) is 8.42 Å². The van der Waals surface area contributed by atoms with E-state index < -0.39 is 9.84 Å². The van der Waals surface area contributed by atoms with Crippen LogP contribution < -0.4 is 5.32 Å². The van der Waals surface area contributed by atoms with Crippen molar-refractivity contribution in [3.05, 3.63) is 49.1 Å². The number of carbonyl (C=O) groups is 3. The summed E-state index contributed by atoms with van der Waals surface area (Å²) >= 11 is 0. The Bertz CT molecular complexity index is 888. The van der Waals surface area contributed by atoms with Crippen LogP contribution in [0.5, 0.6) is 0 Å². The van der Waals surface area contributed by atoms with Gasteiger partial charge in [0.15, 0.2) is 0 Å². The van der Waals surface area contributed by atoms with Crippen LogP contribution in [0.1, 0.15) is 162 Å². The van der Waals surface area contributed by atoms with Crippen LogP contribution in [0.3, 0.4) is 0 Å². The van der Waals surface area contributed by atoms with Crippen molar-refractivity contribution in [3.63, 3.8) is 0 Å². The molecule has 0 aliphatic carbocycles. The number of aliphatic imine (C=N–C) groups is 1. The molecular weight excluding hydrogens is 749 g/mol. The number of esters is 1. The fraction of sp³-hybridized carbons (Fsp3) is 0.745. The molecule has 58 heavy (non-hydrogen) atoms. The Hall–Kier alpha value is -2.89. The molecule has 0 saturated carbocycles. The number of hydrogen-bond donors (Lipinski definition) is 1. The fourth-order valence-corrected chi connectivity index (χ4v) is 0.534. The van der Waals surface area contributed by atoms with Gasteiger partial charge >= 0.3 is 5.97 Å². The number of carbonyl (C=O) groups excluding carboxylic acids is 3. The minimum Gasteiger partial charge on any atom is -0.469 e. The number of ether oxygens (including phenoxy) is 1. The minimum absolute atomic E-state index is 0. The molecule has 1 aromatic rings. The zero-order valence-electron chi connectivity index (χ0n) is 36.7. The highest BCUT2D eigenvalue weighted by Crippen LogP contribution is 2.08. The predicted molar refractivity (Wildman–Crippen MR) is 283 cm³/mol. The molecule has 1 rings (SSSR count). The number of hydrogen-bond acceptors (Lipinski definition) is 9. The molecule has 1 aromatic carbocycles. The molecule has 0 aliphatic rings. The van der Waals surface area contributed by atoms with Crippen molar-refractivity contribution in [1.82, 2.24) is 15.1 Å². The van der Waals surface area contributed by atoms with E-state index in [1.807, 2.05) is 72.2 Å². The van der Waals surface area contributed by atoms with E-state index >= 15 is 0 Å². The van der Waals surface area contributed by atoms with Gasteiger partial charge < -0.3 is 24.6 Å². The van der Waals surface area contributed by atoms with Gasteiger partial charge in [-0.3, -0.25) is 14.6 Å². The average molecular weight is 870 g/mol. The van der Waals surface area contributed by atoms with Crippen LogP contribution in [-0.4, -0.2) is 118 Å². The number of amides is 1. The lowest BCUT2D eigenvalue weighted by molar-refractivity contribution is -0.138. The van der Waals surface area contributed by atoms with Gasteiger partial charge in [-0.15, -0.1) is 13.2 Å². The van der Waals surface area contributed by atoms with Crippen LogP contribution in [0.25, 0.3) is 0 Å². The van der Waals surface area contributed by atoms with E-state index in [-0.39, 0.29) is 84.5 Å². The van der Waals surface area contributed by atoms with Gasteiger partial charge in [-0.1, -0.05) is 151 Å². The topological polar surface area (TPSA) is 125 Å². The smallest absolute Gasteiger partial charge is 0.302 e. The Labute approximate surface area is 373 Å². The third-order valence-electron chi connectivity index (χ3n) is 2.30. The summed E-state index contributed by atoms with van der Waals surface area (Å²) in [6, 6.07) is 10.3. The number of nitrogens with zero attached hydrogens (tertiary/aromatic N) is 3. The molecule has 0 heterocycles.